The molecule has 2 aliphatic heterocycles. The molecule has 3 aromatic carbocycles. The minimum absolute atomic E-state index is 0.0801. The van der Waals surface area contributed by atoms with Gasteiger partial charge in [0.1, 0.15) is 17.2 Å². The van der Waals surface area contributed by atoms with Crippen LogP contribution in [0.2, 0.25) is 0 Å². The predicted octanol–water partition coefficient (Wildman–Crippen LogP) is 3.81. The molecule has 1 atom stereocenters. The second-order valence-corrected chi connectivity index (χ2v) is 10.5. The van der Waals surface area contributed by atoms with Crippen molar-refractivity contribution in [1.82, 2.24) is 4.90 Å². The summed E-state index contributed by atoms with van der Waals surface area (Å²) in [4.78, 5) is 44.1. The summed E-state index contributed by atoms with van der Waals surface area (Å²) in [7, 11) is 2.27. The SMILES string of the molecule is COC(=O)C1=C(C(=O)OC)N(c2cc(N3CCN(Cc4ccccc4)CC3)ccc2[N+](=O)[O-])C(N)=C(C#N)C1c1ccccc1. The van der Waals surface area contributed by atoms with E-state index in [-0.39, 0.29) is 34.0 Å². The van der Waals surface area contributed by atoms with Crippen molar-refractivity contribution < 1.29 is 24.0 Å². The van der Waals surface area contributed by atoms with Crippen LogP contribution in [0.25, 0.3) is 0 Å². The van der Waals surface area contributed by atoms with E-state index < -0.39 is 22.8 Å². The molecule has 230 valence electrons. The largest absolute Gasteiger partial charge is 0.466 e. The zero-order chi connectivity index (χ0) is 32.1. The lowest BCUT2D eigenvalue weighted by Gasteiger charge is -2.38. The van der Waals surface area contributed by atoms with Crippen LogP contribution in [0.4, 0.5) is 17.1 Å². The fourth-order valence-corrected chi connectivity index (χ4v) is 5.81. The van der Waals surface area contributed by atoms with Gasteiger partial charge in [0.2, 0.25) is 0 Å². The summed E-state index contributed by atoms with van der Waals surface area (Å²) >= 11 is 0. The zero-order valence-corrected chi connectivity index (χ0v) is 24.9. The van der Waals surface area contributed by atoms with E-state index in [0.717, 1.165) is 38.8 Å². The summed E-state index contributed by atoms with van der Waals surface area (Å²) in [5.74, 6) is -3.23. The van der Waals surface area contributed by atoms with Gasteiger partial charge >= 0.3 is 11.9 Å². The van der Waals surface area contributed by atoms with Crippen LogP contribution >= 0.6 is 0 Å². The predicted molar refractivity (Wildman–Crippen MR) is 167 cm³/mol. The van der Waals surface area contributed by atoms with Crippen LogP contribution in [0, 0.1) is 21.4 Å². The highest BCUT2D eigenvalue weighted by atomic mass is 16.6. The van der Waals surface area contributed by atoms with Crippen molar-refractivity contribution in [2.24, 2.45) is 5.73 Å². The van der Waals surface area contributed by atoms with E-state index in [1.165, 1.54) is 11.6 Å². The first-order valence-corrected chi connectivity index (χ1v) is 14.2. The fourth-order valence-electron chi connectivity index (χ4n) is 5.81. The van der Waals surface area contributed by atoms with Gasteiger partial charge in [0.25, 0.3) is 5.69 Å². The first-order chi connectivity index (χ1) is 21.8. The molecule has 12 nitrogen and oxygen atoms in total. The molecule has 2 heterocycles. The van der Waals surface area contributed by atoms with Crippen molar-refractivity contribution in [2.75, 3.05) is 50.2 Å². The van der Waals surface area contributed by atoms with Crippen molar-refractivity contribution in [2.45, 2.75) is 12.5 Å². The molecule has 0 aromatic heterocycles. The Balaban J connectivity index is 1.61. The van der Waals surface area contributed by atoms with Crippen LogP contribution in [0.15, 0.2) is 102 Å². The number of nitro groups is 1. The molecule has 1 unspecified atom stereocenters. The van der Waals surface area contributed by atoms with Crippen LogP contribution in [0.5, 0.6) is 0 Å². The summed E-state index contributed by atoms with van der Waals surface area (Å²) in [6, 6.07) is 25.3. The van der Waals surface area contributed by atoms with Gasteiger partial charge in [0.15, 0.2) is 0 Å². The van der Waals surface area contributed by atoms with E-state index in [0.29, 0.717) is 24.3 Å². The number of nitro benzene ring substituents is 1. The lowest BCUT2D eigenvalue weighted by Crippen LogP contribution is -2.46. The van der Waals surface area contributed by atoms with Gasteiger partial charge < -0.3 is 20.1 Å². The Kier molecular flexibility index (Phi) is 9.11. The minimum Gasteiger partial charge on any atom is -0.466 e. The number of piperazine rings is 1. The molecule has 1 fully saturated rings. The first kappa shape index (κ1) is 30.8. The Morgan fingerprint density at radius 2 is 1.58 bits per heavy atom. The number of hydrogen-bond acceptors (Lipinski definition) is 11. The Hall–Kier alpha value is -5.67. The number of esters is 2. The standard InChI is InChI=1S/C33H32N6O6/c1-44-32(40)29-28(23-11-7-4-8-12-23)25(20-34)31(35)38(30(29)33(41)45-2)27-19-24(13-14-26(27)39(42)43)37-17-15-36(16-18-37)21-22-9-5-3-6-10-22/h3-14,19,28H,15-18,21,35H2,1-2H3. The van der Waals surface area contributed by atoms with Gasteiger partial charge in [-0.1, -0.05) is 60.7 Å². The van der Waals surface area contributed by atoms with Crippen LogP contribution < -0.4 is 15.5 Å². The molecule has 0 spiro atoms. The molecule has 0 aliphatic carbocycles. The van der Waals surface area contributed by atoms with Crippen molar-refractivity contribution in [1.29, 1.82) is 5.26 Å². The quantitative estimate of drug-likeness (QED) is 0.225. The summed E-state index contributed by atoms with van der Waals surface area (Å²) in [6.45, 7) is 3.59. The number of nitriles is 1. The zero-order valence-electron chi connectivity index (χ0n) is 24.9. The Morgan fingerprint density at radius 3 is 2.16 bits per heavy atom. The molecule has 5 rings (SSSR count). The average molecular weight is 609 g/mol. The molecule has 0 bridgehead atoms. The molecule has 45 heavy (non-hydrogen) atoms. The number of nitrogens with zero attached hydrogens (tertiary/aromatic N) is 5. The maximum absolute atomic E-state index is 13.5. The number of benzene rings is 3. The van der Waals surface area contributed by atoms with Crippen molar-refractivity contribution in [3.63, 3.8) is 0 Å². The van der Waals surface area contributed by atoms with Gasteiger partial charge in [-0.2, -0.15) is 5.26 Å². The first-order valence-electron chi connectivity index (χ1n) is 14.2. The summed E-state index contributed by atoms with van der Waals surface area (Å²) in [5.41, 5.74) is 7.81. The highest BCUT2D eigenvalue weighted by Gasteiger charge is 2.44. The summed E-state index contributed by atoms with van der Waals surface area (Å²) in [6.07, 6.45) is 0. The molecule has 2 aliphatic rings. The minimum atomic E-state index is -1.09. The van der Waals surface area contributed by atoms with Crippen molar-refractivity contribution >= 4 is 29.0 Å². The van der Waals surface area contributed by atoms with Crippen LogP contribution in [0.3, 0.4) is 0 Å². The smallest absolute Gasteiger partial charge is 0.355 e. The molecule has 0 radical (unpaired) electrons. The lowest BCUT2D eigenvalue weighted by atomic mass is 9.81. The van der Waals surface area contributed by atoms with Crippen LogP contribution in [-0.2, 0) is 25.6 Å². The van der Waals surface area contributed by atoms with Gasteiger partial charge in [-0.15, -0.1) is 0 Å². The second-order valence-electron chi connectivity index (χ2n) is 10.5. The maximum Gasteiger partial charge on any atom is 0.355 e. The number of carbonyl (C=O) groups is 2. The maximum atomic E-state index is 13.5. The van der Waals surface area contributed by atoms with Gasteiger partial charge in [0, 0.05) is 44.5 Å². The number of nitrogens with two attached hydrogens (primary N) is 1. The van der Waals surface area contributed by atoms with Crippen LogP contribution in [0.1, 0.15) is 17.0 Å². The molecular weight excluding hydrogens is 576 g/mol. The fraction of sp³-hybridized carbons (Fsp3) is 0.242. The van der Waals surface area contributed by atoms with E-state index >= 15 is 0 Å². The monoisotopic (exact) mass is 608 g/mol. The normalized spacial score (nSPS) is 17.1. The third kappa shape index (κ3) is 6.07. The number of hydrogen-bond donors (Lipinski definition) is 1. The second kappa shape index (κ2) is 13.3. The Labute approximate surface area is 260 Å². The van der Waals surface area contributed by atoms with Crippen LogP contribution in [-0.4, -0.2) is 62.2 Å². The summed E-state index contributed by atoms with van der Waals surface area (Å²) in [5, 5.41) is 22.7. The lowest BCUT2D eigenvalue weighted by molar-refractivity contribution is -0.384. The number of rotatable bonds is 8. The number of methoxy groups -OCH3 is 2. The molecule has 12 heteroatoms. The van der Waals surface area contributed by atoms with E-state index in [2.05, 4.69) is 28.0 Å². The molecule has 0 saturated carbocycles. The van der Waals surface area contributed by atoms with E-state index in [1.807, 2.05) is 18.2 Å². The average Bonchev–Trinajstić information content (AvgIpc) is 3.07. The highest BCUT2D eigenvalue weighted by Crippen LogP contribution is 2.46. The Morgan fingerprint density at radius 1 is 0.956 bits per heavy atom. The van der Waals surface area contributed by atoms with Gasteiger partial charge in [-0.3, -0.25) is 19.9 Å². The topological polar surface area (TPSA) is 155 Å². The number of allylic oxidation sites excluding steroid dienone is 1. The number of anilines is 2. The van der Waals surface area contributed by atoms with Crippen molar-refractivity contribution in [3.8, 4) is 6.07 Å². The van der Waals surface area contributed by atoms with E-state index in [4.69, 9.17) is 15.2 Å². The molecule has 3 aromatic rings. The number of ether oxygens (including phenoxy) is 2. The van der Waals surface area contributed by atoms with Gasteiger partial charge in [0.05, 0.1) is 42.3 Å². The summed E-state index contributed by atoms with van der Waals surface area (Å²) < 4.78 is 10.2. The highest BCUT2D eigenvalue weighted by molar-refractivity contribution is 6.07. The third-order valence-corrected chi connectivity index (χ3v) is 7.99. The number of carbonyl (C=O) groups excluding carboxylic acids is 2. The van der Waals surface area contributed by atoms with E-state index in [1.54, 1.807) is 42.5 Å². The Bertz CT molecular complexity index is 1710. The molecular formula is C33H32N6O6. The van der Waals surface area contributed by atoms with Gasteiger partial charge in [-0.05, 0) is 23.3 Å². The molecule has 0 amide bonds. The van der Waals surface area contributed by atoms with Gasteiger partial charge in [-0.25, -0.2) is 9.59 Å². The third-order valence-electron chi connectivity index (χ3n) is 7.99. The van der Waals surface area contributed by atoms with Crippen molar-refractivity contribution in [3.05, 3.63) is 123 Å². The van der Waals surface area contributed by atoms with E-state index in [9.17, 15) is 25.0 Å². The molecule has 2 N–H and O–H groups in total. The molecule has 1 saturated heterocycles.